The van der Waals surface area contributed by atoms with E-state index in [2.05, 4.69) is 20.4 Å². The Bertz CT molecular complexity index is 789. The first-order chi connectivity index (χ1) is 14.0. The van der Waals surface area contributed by atoms with Gasteiger partial charge in [-0.15, -0.1) is 0 Å². The van der Waals surface area contributed by atoms with Crippen molar-refractivity contribution in [3.05, 3.63) is 48.5 Å². The van der Waals surface area contributed by atoms with Crippen molar-refractivity contribution in [1.82, 2.24) is 20.4 Å². The molecule has 156 valence electrons. The zero-order valence-corrected chi connectivity index (χ0v) is 16.5. The molecule has 2 heterocycles. The smallest absolute Gasteiger partial charge is 0.413 e. The number of dihydropyridines is 1. The second-order valence-corrected chi connectivity index (χ2v) is 7.08. The zero-order valence-electron chi connectivity index (χ0n) is 16.5. The molecule has 3 rings (SSSR count). The van der Waals surface area contributed by atoms with E-state index in [4.69, 9.17) is 0 Å². The molecule has 0 fully saturated rings. The van der Waals surface area contributed by atoms with Gasteiger partial charge in [0.15, 0.2) is 0 Å². The van der Waals surface area contributed by atoms with Gasteiger partial charge < -0.3 is 20.3 Å². The number of methoxy groups -OCH3 is 1. The minimum absolute atomic E-state index is 0.205. The number of nitrogens with zero attached hydrogens (tertiary/aromatic N) is 3. The number of carbonyl (C=O) groups is 2. The number of hydrogen-bond donors (Lipinski definition) is 2. The van der Waals surface area contributed by atoms with Gasteiger partial charge in [-0.3, -0.25) is 9.89 Å². The van der Waals surface area contributed by atoms with Gasteiger partial charge in [-0.2, -0.15) is 0 Å². The molecule has 0 aromatic heterocycles. The lowest BCUT2D eigenvalue weighted by atomic mass is 9.95. The van der Waals surface area contributed by atoms with Gasteiger partial charge in [0.2, 0.25) is 0 Å². The summed E-state index contributed by atoms with van der Waals surface area (Å²) >= 11 is 0. The molecular weight excluding hydrogens is 377 g/mol. The summed E-state index contributed by atoms with van der Waals surface area (Å²) in [5, 5.41) is 5.40. The molecule has 3 atom stereocenters. The average molecular weight is 403 g/mol. The highest BCUT2D eigenvalue weighted by Crippen LogP contribution is 2.23. The predicted octanol–water partition coefficient (Wildman–Crippen LogP) is 1.95. The number of nitrogens with one attached hydrogen (secondary N) is 2. The molecule has 0 unspecified atom stereocenters. The molecule has 8 nitrogen and oxygen atoms in total. The summed E-state index contributed by atoms with van der Waals surface area (Å²) in [5.41, 5.74) is 1.14. The van der Waals surface area contributed by atoms with Gasteiger partial charge in [-0.1, -0.05) is 18.2 Å². The Hall–Kier alpha value is -3.10. The summed E-state index contributed by atoms with van der Waals surface area (Å²) in [4.78, 5) is 31.4. The van der Waals surface area contributed by atoms with Crippen LogP contribution in [-0.4, -0.2) is 73.1 Å². The fraction of sp³-hybridized carbons (Fsp3) is 0.450. The monoisotopic (exact) mass is 403 g/mol. The molecule has 0 bridgehead atoms. The molecular formula is C20H26FN5O3. The zero-order chi connectivity index (χ0) is 20.8. The highest BCUT2D eigenvalue weighted by atomic mass is 19.1. The number of amides is 3. The number of carbonyl (C=O) groups excluding carboxylic acids is 2. The number of aliphatic imine (C=N–C) groups is 1. The summed E-state index contributed by atoms with van der Waals surface area (Å²) in [5.74, 6) is -0.411. The van der Waals surface area contributed by atoms with Crippen molar-refractivity contribution in [2.45, 2.75) is 19.1 Å². The van der Waals surface area contributed by atoms with Gasteiger partial charge in [0.05, 0.1) is 25.4 Å². The second-order valence-electron chi connectivity index (χ2n) is 7.08. The van der Waals surface area contributed by atoms with E-state index in [1.54, 1.807) is 30.6 Å². The van der Waals surface area contributed by atoms with E-state index >= 15 is 0 Å². The Labute approximate surface area is 169 Å². The highest BCUT2D eigenvalue weighted by molar-refractivity contribution is 5.93. The molecule has 0 spiro atoms. The van der Waals surface area contributed by atoms with Crippen molar-refractivity contribution in [2.24, 2.45) is 10.9 Å². The van der Waals surface area contributed by atoms with Crippen molar-refractivity contribution in [1.29, 1.82) is 0 Å². The van der Waals surface area contributed by atoms with Gasteiger partial charge >= 0.3 is 12.1 Å². The number of urea groups is 1. The first kappa shape index (κ1) is 20.6. The van der Waals surface area contributed by atoms with Gasteiger partial charge in [0, 0.05) is 43.7 Å². The normalized spacial score (nSPS) is 26.0. The van der Waals surface area contributed by atoms with E-state index in [9.17, 15) is 14.0 Å². The van der Waals surface area contributed by atoms with Crippen LogP contribution in [0.2, 0.25) is 0 Å². The third kappa shape index (κ3) is 5.46. The first-order valence-corrected chi connectivity index (χ1v) is 9.52. The lowest BCUT2D eigenvalue weighted by Crippen LogP contribution is -2.46. The van der Waals surface area contributed by atoms with Crippen molar-refractivity contribution < 1.29 is 18.7 Å². The molecule has 3 aliphatic rings. The van der Waals surface area contributed by atoms with E-state index in [0.29, 0.717) is 26.2 Å². The van der Waals surface area contributed by atoms with Crippen LogP contribution in [0.1, 0.15) is 6.92 Å². The number of alkyl halides is 1. The largest absolute Gasteiger partial charge is 0.452 e. The van der Waals surface area contributed by atoms with Crippen LogP contribution in [0.25, 0.3) is 0 Å². The molecule has 0 aromatic rings. The summed E-state index contributed by atoms with van der Waals surface area (Å²) < 4.78 is 19.7. The van der Waals surface area contributed by atoms with Crippen LogP contribution >= 0.6 is 0 Å². The number of halogens is 1. The van der Waals surface area contributed by atoms with E-state index in [0.717, 1.165) is 5.71 Å². The summed E-state index contributed by atoms with van der Waals surface area (Å²) in [6.07, 6.45) is 10.4. The van der Waals surface area contributed by atoms with Crippen molar-refractivity contribution in [3.63, 3.8) is 0 Å². The molecule has 0 radical (unpaired) electrons. The predicted molar refractivity (Wildman–Crippen MR) is 108 cm³/mol. The second kappa shape index (κ2) is 9.40. The van der Waals surface area contributed by atoms with Crippen LogP contribution in [0.4, 0.5) is 14.0 Å². The molecule has 0 aromatic carbocycles. The SMILES string of the molecule is COC(=O)N1C=CN(C[C@H]2C=CC=C(NC(=O)N[C@H]3C=CC(C)=NC3)[C@@H]2F)CC1. The number of hydrogen-bond acceptors (Lipinski definition) is 5. The van der Waals surface area contributed by atoms with E-state index < -0.39 is 24.2 Å². The van der Waals surface area contributed by atoms with E-state index in [1.165, 1.54) is 12.0 Å². The minimum atomic E-state index is -1.33. The Balaban J connectivity index is 1.50. The fourth-order valence-electron chi connectivity index (χ4n) is 3.28. The van der Waals surface area contributed by atoms with Crippen LogP contribution in [0.15, 0.2) is 53.5 Å². The van der Waals surface area contributed by atoms with E-state index in [-0.39, 0.29) is 11.7 Å². The molecule has 0 saturated carbocycles. The first-order valence-electron chi connectivity index (χ1n) is 9.52. The van der Waals surface area contributed by atoms with Crippen LogP contribution in [-0.2, 0) is 4.74 Å². The van der Waals surface area contributed by atoms with Crippen LogP contribution in [0.3, 0.4) is 0 Å². The van der Waals surface area contributed by atoms with Crippen LogP contribution in [0.5, 0.6) is 0 Å². The van der Waals surface area contributed by atoms with E-state index in [1.807, 2.05) is 24.0 Å². The maximum absolute atomic E-state index is 15.0. The number of allylic oxidation sites excluding steroid dienone is 4. The maximum Gasteiger partial charge on any atom is 0.413 e. The van der Waals surface area contributed by atoms with Crippen molar-refractivity contribution in [3.8, 4) is 0 Å². The molecule has 2 N–H and O–H groups in total. The molecule has 9 heteroatoms. The molecule has 29 heavy (non-hydrogen) atoms. The minimum Gasteiger partial charge on any atom is -0.452 e. The highest BCUT2D eigenvalue weighted by Gasteiger charge is 2.29. The Kier molecular flexibility index (Phi) is 6.69. The van der Waals surface area contributed by atoms with Crippen molar-refractivity contribution in [2.75, 3.05) is 33.3 Å². The van der Waals surface area contributed by atoms with Crippen molar-refractivity contribution >= 4 is 17.8 Å². The van der Waals surface area contributed by atoms with Crippen LogP contribution < -0.4 is 10.6 Å². The third-order valence-corrected chi connectivity index (χ3v) is 4.93. The topological polar surface area (TPSA) is 86.3 Å². The number of rotatable bonds is 4. The molecule has 1 aliphatic carbocycles. The molecule has 3 amide bonds. The van der Waals surface area contributed by atoms with Gasteiger partial charge in [-0.25, -0.2) is 14.0 Å². The van der Waals surface area contributed by atoms with Crippen LogP contribution in [0, 0.1) is 5.92 Å². The molecule has 0 saturated heterocycles. The maximum atomic E-state index is 15.0. The standard InChI is InChI=1S/C20H26FN5O3/c1-14-6-7-16(12-22-14)23-19(27)24-17-5-3-4-15(18(17)21)13-25-8-10-26(11-9-25)20(28)29-2/h3-8,10,15-16,18H,9,11-13H2,1-2H3,(H2,23,24,27)/t15-,16+,18-/m1/s1. The summed E-state index contributed by atoms with van der Waals surface area (Å²) in [6.45, 7) is 3.84. The quantitative estimate of drug-likeness (QED) is 0.751. The molecule has 2 aliphatic heterocycles. The Morgan fingerprint density at radius 1 is 1.31 bits per heavy atom. The fourth-order valence-corrected chi connectivity index (χ4v) is 3.28. The number of ether oxygens (including phenoxy) is 1. The average Bonchev–Trinajstić information content (AvgIpc) is 2.72. The summed E-state index contributed by atoms with van der Waals surface area (Å²) in [6, 6.07) is -0.660. The Morgan fingerprint density at radius 2 is 2.14 bits per heavy atom. The van der Waals surface area contributed by atoms with Gasteiger partial charge in [0.1, 0.15) is 6.17 Å². The third-order valence-electron chi connectivity index (χ3n) is 4.93. The lowest BCUT2D eigenvalue weighted by molar-refractivity contribution is 0.129. The summed E-state index contributed by atoms with van der Waals surface area (Å²) in [7, 11) is 1.33. The van der Waals surface area contributed by atoms with Gasteiger partial charge in [-0.05, 0) is 19.1 Å². The van der Waals surface area contributed by atoms with Gasteiger partial charge in [0.25, 0.3) is 0 Å². The Morgan fingerprint density at radius 3 is 2.79 bits per heavy atom. The lowest BCUT2D eigenvalue weighted by Gasteiger charge is -2.33.